The molecule has 4 nitrogen and oxygen atoms in total. The van der Waals surface area contributed by atoms with Crippen LogP contribution in [0.2, 0.25) is 0 Å². The van der Waals surface area contributed by atoms with Gasteiger partial charge in [-0.2, -0.15) is 0 Å². The number of carbonyl (C=O) groups excluding carboxylic acids is 1. The largest absolute Gasteiger partial charge is 0.396 e. The monoisotopic (exact) mass is 242 g/mol. The second kappa shape index (κ2) is 11.4. The van der Waals surface area contributed by atoms with E-state index in [1.165, 1.54) is 12.8 Å². The van der Waals surface area contributed by atoms with Crippen LogP contribution in [0.4, 0.5) is 0 Å². The summed E-state index contributed by atoms with van der Waals surface area (Å²) in [6.45, 7) is 7.34. The van der Waals surface area contributed by atoms with Gasteiger partial charge in [0, 0.05) is 13.0 Å². The Morgan fingerprint density at radius 2 is 1.94 bits per heavy atom. The highest BCUT2D eigenvalue weighted by molar-refractivity contribution is 5.78. The summed E-state index contributed by atoms with van der Waals surface area (Å²) in [5.41, 5.74) is 0.915. The van der Waals surface area contributed by atoms with Gasteiger partial charge in [0.05, 0.1) is 5.71 Å². The van der Waals surface area contributed by atoms with E-state index in [2.05, 4.69) is 17.4 Å². The third-order valence-corrected chi connectivity index (χ3v) is 2.24. The summed E-state index contributed by atoms with van der Waals surface area (Å²) in [5.74, 6) is 0.149. The van der Waals surface area contributed by atoms with Crippen molar-refractivity contribution in [3.8, 4) is 0 Å². The molecule has 0 aromatic carbocycles. The molecule has 17 heavy (non-hydrogen) atoms. The van der Waals surface area contributed by atoms with Gasteiger partial charge in [-0.1, -0.05) is 24.9 Å². The van der Waals surface area contributed by atoms with Crippen molar-refractivity contribution in [2.45, 2.75) is 59.3 Å². The first kappa shape index (κ1) is 15.9. The molecule has 1 amide bonds. The molecule has 0 atom stereocenters. The van der Waals surface area contributed by atoms with Crippen molar-refractivity contribution >= 4 is 11.6 Å². The quantitative estimate of drug-likeness (QED) is 0.364. The van der Waals surface area contributed by atoms with Crippen molar-refractivity contribution in [3.63, 3.8) is 0 Å². The van der Waals surface area contributed by atoms with Crippen LogP contribution in [-0.4, -0.2) is 24.8 Å². The predicted octanol–water partition coefficient (Wildman–Crippen LogP) is 2.88. The fourth-order valence-electron chi connectivity index (χ4n) is 1.32. The van der Waals surface area contributed by atoms with Crippen LogP contribution in [0.5, 0.6) is 0 Å². The zero-order valence-corrected chi connectivity index (χ0v) is 11.4. The number of nitrogens with one attached hydrogen (secondary N) is 1. The van der Waals surface area contributed by atoms with E-state index >= 15 is 0 Å². The molecule has 0 aromatic heterocycles. The third kappa shape index (κ3) is 12.9. The van der Waals surface area contributed by atoms with Gasteiger partial charge in [0.1, 0.15) is 6.61 Å². The van der Waals surface area contributed by atoms with E-state index < -0.39 is 0 Å². The molecule has 0 radical (unpaired) electrons. The lowest BCUT2D eigenvalue weighted by Gasteiger charge is -2.04. The van der Waals surface area contributed by atoms with E-state index in [1.807, 2.05) is 13.8 Å². The Kier molecular flexibility index (Phi) is 10.7. The molecule has 4 heteroatoms. The van der Waals surface area contributed by atoms with Crippen LogP contribution >= 0.6 is 0 Å². The molecule has 0 fully saturated rings. The van der Waals surface area contributed by atoms with Crippen molar-refractivity contribution in [3.05, 3.63) is 0 Å². The molecule has 0 unspecified atom stereocenters. The zero-order valence-electron chi connectivity index (χ0n) is 11.4. The Morgan fingerprint density at radius 3 is 2.59 bits per heavy atom. The number of hydrogen-bond acceptors (Lipinski definition) is 3. The molecule has 0 aliphatic rings. The van der Waals surface area contributed by atoms with Gasteiger partial charge >= 0.3 is 0 Å². The number of nitrogens with zero attached hydrogens (tertiary/aromatic N) is 1. The van der Waals surface area contributed by atoms with Crippen LogP contribution in [0.25, 0.3) is 0 Å². The maximum Gasteiger partial charge on any atom is 0.219 e. The van der Waals surface area contributed by atoms with Gasteiger partial charge in [0.15, 0.2) is 0 Å². The van der Waals surface area contributed by atoms with Gasteiger partial charge < -0.3 is 10.2 Å². The molecular weight excluding hydrogens is 216 g/mol. The molecule has 0 heterocycles. The van der Waals surface area contributed by atoms with Crippen molar-refractivity contribution in [1.29, 1.82) is 0 Å². The third-order valence-electron chi connectivity index (χ3n) is 2.24. The van der Waals surface area contributed by atoms with Crippen LogP contribution < -0.4 is 5.32 Å². The Morgan fingerprint density at radius 1 is 1.18 bits per heavy atom. The average molecular weight is 242 g/mol. The SMILES string of the molecule is CCCCCNC(=O)CCCCON=C(C)C. The Balaban J connectivity index is 3.25. The Hall–Kier alpha value is -1.06. The van der Waals surface area contributed by atoms with Crippen LogP contribution in [0.3, 0.4) is 0 Å². The highest BCUT2D eigenvalue weighted by atomic mass is 16.6. The second-order valence-electron chi connectivity index (χ2n) is 4.39. The molecule has 0 saturated carbocycles. The highest BCUT2D eigenvalue weighted by Crippen LogP contribution is 1.97. The number of oxime groups is 1. The number of unbranched alkanes of at least 4 members (excludes halogenated alkanes) is 3. The molecule has 100 valence electrons. The smallest absolute Gasteiger partial charge is 0.219 e. The number of hydrogen-bond donors (Lipinski definition) is 1. The van der Waals surface area contributed by atoms with Gasteiger partial charge in [0.25, 0.3) is 0 Å². The first-order valence-corrected chi connectivity index (χ1v) is 6.56. The topological polar surface area (TPSA) is 50.7 Å². The summed E-state index contributed by atoms with van der Waals surface area (Å²) in [6, 6.07) is 0. The van der Waals surface area contributed by atoms with Gasteiger partial charge in [-0.3, -0.25) is 4.79 Å². The van der Waals surface area contributed by atoms with Gasteiger partial charge in [-0.05, 0) is 33.1 Å². The normalized spacial score (nSPS) is 9.82. The van der Waals surface area contributed by atoms with Gasteiger partial charge in [-0.25, -0.2) is 0 Å². The molecule has 0 bridgehead atoms. The van der Waals surface area contributed by atoms with Crippen molar-refractivity contribution in [1.82, 2.24) is 5.32 Å². The van der Waals surface area contributed by atoms with Crippen LogP contribution in [0.1, 0.15) is 59.3 Å². The van der Waals surface area contributed by atoms with E-state index in [-0.39, 0.29) is 5.91 Å². The Labute approximate surface area is 105 Å². The summed E-state index contributed by atoms with van der Waals surface area (Å²) in [6.07, 6.45) is 5.77. The highest BCUT2D eigenvalue weighted by Gasteiger charge is 1.99. The first-order valence-electron chi connectivity index (χ1n) is 6.56. The summed E-state index contributed by atoms with van der Waals surface area (Å²) in [7, 11) is 0. The van der Waals surface area contributed by atoms with Crippen molar-refractivity contribution < 1.29 is 9.63 Å². The lowest BCUT2D eigenvalue weighted by molar-refractivity contribution is -0.121. The zero-order chi connectivity index (χ0) is 12.9. The minimum atomic E-state index is 0.149. The molecule has 0 aliphatic heterocycles. The minimum Gasteiger partial charge on any atom is -0.396 e. The molecule has 1 N–H and O–H groups in total. The van der Waals surface area contributed by atoms with E-state index in [1.54, 1.807) is 0 Å². The van der Waals surface area contributed by atoms with Crippen LogP contribution in [-0.2, 0) is 9.63 Å². The molecule has 0 saturated heterocycles. The lowest BCUT2D eigenvalue weighted by Crippen LogP contribution is -2.24. The fraction of sp³-hybridized carbons (Fsp3) is 0.846. The maximum absolute atomic E-state index is 11.4. The second-order valence-corrected chi connectivity index (χ2v) is 4.39. The number of rotatable bonds is 10. The summed E-state index contributed by atoms with van der Waals surface area (Å²) < 4.78 is 0. The summed E-state index contributed by atoms with van der Waals surface area (Å²) in [5, 5.41) is 6.75. The average Bonchev–Trinajstić information content (AvgIpc) is 2.29. The standard InChI is InChI=1S/C13H26N2O2/c1-4-5-7-10-14-13(16)9-6-8-11-17-15-12(2)3/h4-11H2,1-3H3,(H,14,16). The maximum atomic E-state index is 11.4. The van der Waals surface area contributed by atoms with Crippen LogP contribution in [0, 0.1) is 0 Å². The first-order chi connectivity index (χ1) is 8.16. The Bertz CT molecular complexity index is 223. The molecular formula is C13H26N2O2. The molecule has 0 aliphatic carbocycles. The number of carbonyl (C=O) groups is 1. The summed E-state index contributed by atoms with van der Waals surface area (Å²) >= 11 is 0. The van der Waals surface area contributed by atoms with E-state index in [0.717, 1.165) is 31.5 Å². The molecule has 0 rings (SSSR count). The van der Waals surface area contributed by atoms with Gasteiger partial charge in [0.2, 0.25) is 5.91 Å². The summed E-state index contributed by atoms with van der Waals surface area (Å²) in [4.78, 5) is 16.4. The van der Waals surface area contributed by atoms with Crippen molar-refractivity contribution in [2.24, 2.45) is 5.16 Å². The minimum absolute atomic E-state index is 0.149. The predicted molar refractivity (Wildman–Crippen MR) is 71.1 cm³/mol. The van der Waals surface area contributed by atoms with Gasteiger partial charge in [-0.15, -0.1) is 0 Å². The van der Waals surface area contributed by atoms with E-state index in [4.69, 9.17) is 4.84 Å². The van der Waals surface area contributed by atoms with Crippen molar-refractivity contribution in [2.75, 3.05) is 13.2 Å². The lowest BCUT2D eigenvalue weighted by atomic mass is 10.2. The van der Waals surface area contributed by atoms with Crippen LogP contribution in [0.15, 0.2) is 5.16 Å². The van der Waals surface area contributed by atoms with E-state index in [0.29, 0.717) is 13.0 Å². The van der Waals surface area contributed by atoms with E-state index in [9.17, 15) is 4.79 Å². The molecule has 0 spiro atoms. The number of amides is 1. The molecule has 0 aromatic rings. The fourth-order valence-corrected chi connectivity index (χ4v) is 1.32.